The van der Waals surface area contributed by atoms with Crippen LogP contribution in [0.2, 0.25) is 0 Å². The average molecular weight is 183 g/mol. The van der Waals surface area contributed by atoms with Crippen molar-refractivity contribution in [2.45, 2.75) is 33.1 Å². The summed E-state index contributed by atoms with van der Waals surface area (Å²) in [5.74, 6) is -0.626. The van der Waals surface area contributed by atoms with E-state index < -0.39 is 11.4 Å². The number of hydrogen-bond acceptors (Lipinski definition) is 2. The molecule has 74 valence electrons. The molecule has 0 aromatic carbocycles. The van der Waals surface area contributed by atoms with E-state index in [4.69, 9.17) is 5.73 Å². The minimum Gasteiger partial charge on any atom is -0.481 e. The van der Waals surface area contributed by atoms with Gasteiger partial charge >= 0.3 is 5.97 Å². The van der Waals surface area contributed by atoms with Crippen molar-refractivity contribution in [3.05, 3.63) is 0 Å². The zero-order valence-corrected chi connectivity index (χ0v) is 8.26. The molecule has 3 aliphatic rings. The van der Waals surface area contributed by atoms with Gasteiger partial charge in [0.05, 0.1) is 5.41 Å². The predicted octanol–water partition coefficient (Wildman–Crippen LogP) is 1.23. The van der Waals surface area contributed by atoms with Gasteiger partial charge in [-0.05, 0) is 36.6 Å². The van der Waals surface area contributed by atoms with E-state index in [0.717, 1.165) is 19.3 Å². The number of nitrogens with two attached hydrogens (primary N) is 1. The topological polar surface area (TPSA) is 63.3 Å². The molecule has 3 rings (SSSR count). The summed E-state index contributed by atoms with van der Waals surface area (Å²) < 4.78 is 0. The summed E-state index contributed by atoms with van der Waals surface area (Å²) in [5.41, 5.74) is 5.29. The highest BCUT2D eigenvalue weighted by Gasteiger charge is 2.76. The number of hydrogen-bond donors (Lipinski definition) is 2. The fourth-order valence-electron chi connectivity index (χ4n) is 3.55. The van der Waals surface area contributed by atoms with Gasteiger partial charge in [-0.1, -0.05) is 13.8 Å². The molecule has 3 saturated carbocycles. The second-order valence-corrected chi connectivity index (χ2v) is 5.17. The molecule has 3 N–H and O–H groups in total. The molecule has 0 heterocycles. The summed E-state index contributed by atoms with van der Waals surface area (Å²) in [4.78, 5) is 11.2. The van der Waals surface area contributed by atoms with Crippen LogP contribution in [0.15, 0.2) is 0 Å². The first-order chi connectivity index (χ1) is 5.92. The van der Waals surface area contributed by atoms with Crippen LogP contribution in [0.3, 0.4) is 0 Å². The third-order valence-electron chi connectivity index (χ3n) is 4.99. The molecule has 3 fully saturated rings. The molecule has 3 aliphatic carbocycles. The first-order valence-corrected chi connectivity index (χ1v) is 4.85. The summed E-state index contributed by atoms with van der Waals surface area (Å²) in [6.07, 6.45) is 2.59. The molecule has 13 heavy (non-hydrogen) atoms. The van der Waals surface area contributed by atoms with Gasteiger partial charge in [-0.2, -0.15) is 0 Å². The highest BCUT2D eigenvalue weighted by atomic mass is 16.4. The van der Waals surface area contributed by atoms with Crippen molar-refractivity contribution in [3.63, 3.8) is 0 Å². The van der Waals surface area contributed by atoms with Crippen molar-refractivity contribution in [1.82, 2.24) is 0 Å². The van der Waals surface area contributed by atoms with Gasteiger partial charge in [0.15, 0.2) is 0 Å². The van der Waals surface area contributed by atoms with Crippen LogP contribution in [0.25, 0.3) is 0 Å². The number of carboxylic acid groups (broad SMARTS) is 1. The van der Waals surface area contributed by atoms with Crippen molar-refractivity contribution in [2.24, 2.45) is 22.0 Å². The summed E-state index contributed by atoms with van der Waals surface area (Å²) in [5, 5.41) is 9.22. The van der Waals surface area contributed by atoms with Gasteiger partial charge in [0.25, 0.3) is 0 Å². The van der Waals surface area contributed by atoms with Crippen LogP contribution in [-0.2, 0) is 4.79 Å². The van der Waals surface area contributed by atoms with E-state index in [2.05, 4.69) is 13.8 Å². The van der Waals surface area contributed by atoms with Gasteiger partial charge in [-0.15, -0.1) is 0 Å². The number of carboxylic acids is 1. The van der Waals surface area contributed by atoms with Crippen molar-refractivity contribution in [3.8, 4) is 0 Å². The van der Waals surface area contributed by atoms with E-state index in [9.17, 15) is 9.90 Å². The zero-order valence-electron chi connectivity index (χ0n) is 8.26. The van der Waals surface area contributed by atoms with Crippen LogP contribution in [0.1, 0.15) is 33.1 Å². The van der Waals surface area contributed by atoms with Gasteiger partial charge in [0, 0.05) is 0 Å². The van der Waals surface area contributed by atoms with Gasteiger partial charge in [0.2, 0.25) is 0 Å². The van der Waals surface area contributed by atoms with Crippen LogP contribution in [0.5, 0.6) is 0 Å². The van der Waals surface area contributed by atoms with Crippen molar-refractivity contribution in [1.29, 1.82) is 0 Å². The Kier molecular flexibility index (Phi) is 1.44. The maximum absolute atomic E-state index is 11.2. The lowest BCUT2D eigenvalue weighted by Gasteiger charge is -2.60. The Bertz CT molecular complexity index is 274. The second-order valence-electron chi connectivity index (χ2n) is 5.17. The van der Waals surface area contributed by atoms with Crippen LogP contribution < -0.4 is 5.73 Å². The fraction of sp³-hybridized carbons (Fsp3) is 0.900. The molecule has 3 nitrogen and oxygen atoms in total. The van der Waals surface area contributed by atoms with E-state index in [0.29, 0.717) is 6.54 Å². The second kappa shape index (κ2) is 2.08. The molecule has 0 saturated heterocycles. The summed E-state index contributed by atoms with van der Waals surface area (Å²) >= 11 is 0. The molecule has 0 radical (unpaired) electrons. The Hall–Kier alpha value is -0.570. The van der Waals surface area contributed by atoms with Gasteiger partial charge in [-0.3, -0.25) is 4.79 Å². The molecule has 3 heteroatoms. The van der Waals surface area contributed by atoms with Gasteiger partial charge < -0.3 is 10.8 Å². The molecule has 2 bridgehead atoms. The Labute approximate surface area is 78.3 Å². The summed E-state index contributed by atoms with van der Waals surface area (Å²) in [6, 6.07) is 0. The Morgan fingerprint density at radius 1 is 1.46 bits per heavy atom. The average Bonchev–Trinajstić information content (AvgIpc) is 2.55. The Balaban J connectivity index is 2.38. The van der Waals surface area contributed by atoms with Crippen molar-refractivity contribution < 1.29 is 9.90 Å². The molecule has 0 amide bonds. The normalized spacial score (nSPS) is 45.8. The minimum absolute atomic E-state index is 0.111. The Morgan fingerprint density at radius 2 is 2.08 bits per heavy atom. The standard InChI is InChI=1S/C10H17NO2/c1-8(2)9(6-11)3-4-10(8,5-9)7(12)13/h3-6,11H2,1-2H3,(H,12,13)/t9-,10-/m1/s1. The van der Waals surface area contributed by atoms with E-state index in [1.807, 2.05) is 0 Å². The number of rotatable bonds is 2. The third kappa shape index (κ3) is 0.654. The number of fused-ring (bicyclic) bond motifs is 1. The maximum atomic E-state index is 11.2. The SMILES string of the molecule is CC1(C)[C@]2(CN)CC[C@]1(C(=O)O)C2. The lowest BCUT2D eigenvalue weighted by atomic mass is 9.43. The van der Waals surface area contributed by atoms with E-state index >= 15 is 0 Å². The lowest BCUT2D eigenvalue weighted by Crippen LogP contribution is -2.62. The molecule has 2 atom stereocenters. The minimum atomic E-state index is -0.626. The largest absolute Gasteiger partial charge is 0.481 e. The first kappa shape index (κ1) is 9.00. The predicted molar refractivity (Wildman–Crippen MR) is 49.2 cm³/mol. The van der Waals surface area contributed by atoms with E-state index in [1.165, 1.54) is 0 Å². The number of carbonyl (C=O) groups is 1. The molecule has 0 aromatic heterocycles. The zero-order chi connectivity index (χ0) is 9.91. The van der Waals surface area contributed by atoms with Crippen LogP contribution in [0.4, 0.5) is 0 Å². The quantitative estimate of drug-likeness (QED) is 0.676. The van der Waals surface area contributed by atoms with Gasteiger partial charge in [0.1, 0.15) is 0 Å². The summed E-state index contributed by atoms with van der Waals surface area (Å²) in [6.45, 7) is 4.75. The van der Waals surface area contributed by atoms with Crippen LogP contribution in [-0.4, -0.2) is 17.6 Å². The maximum Gasteiger partial charge on any atom is 0.310 e. The molecule has 0 aromatic rings. The van der Waals surface area contributed by atoms with E-state index in [-0.39, 0.29) is 10.8 Å². The first-order valence-electron chi connectivity index (χ1n) is 4.85. The van der Waals surface area contributed by atoms with Gasteiger partial charge in [-0.25, -0.2) is 0 Å². The van der Waals surface area contributed by atoms with E-state index in [1.54, 1.807) is 0 Å². The van der Waals surface area contributed by atoms with Crippen LogP contribution in [0, 0.1) is 16.2 Å². The monoisotopic (exact) mass is 183 g/mol. The van der Waals surface area contributed by atoms with Crippen molar-refractivity contribution >= 4 is 5.97 Å². The highest BCUT2D eigenvalue weighted by molar-refractivity contribution is 5.79. The van der Waals surface area contributed by atoms with Crippen molar-refractivity contribution in [2.75, 3.05) is 6.54 Å². The smallest absolute Gasteiger partial charge is 0.310 e. The molecular weight excluding hydrogens is 166 g/mol. The molecule has 0 spiro atoms. The lowest BCUT2D eigenvalue weighted by molar-refractivity contribution is -0.185. The Morgan fingerprint density at radius 3 is 2.31 bits per heavy atom. The third-order valence-corrected chi connectivity index (χ3v) is 4.99. The molecule has 0 unspecified atom stereocenters. The molecular formula is C10H17NO2. The van der Waals surface area contributed by atoms with Crippen LogP contribution >= 0.6 is 0 Å². The molecule has 0 aliphatic heterocycles. The summed E-state index contributed by atoms with van der Waals surface area (Å²) in [7, 11) is 0. The highest BCUT2D eigenvalue weighted by Crippen LogP contribution is 2.77. The fourth-order valence-corrected chi connectivity index (χ4v) is 3.55. The number of aliphatic carboxylic acids is 1.